The monoisotopic (exact) mass is 231 g/mol. The van der Waals surface area contributed by atoms with E-state index in [0.29, 0.717) is 6.04 Å². The second-order valence-corrected chi connectivity index (χ2v) is 4.02. The summed E-state index contributed by atoms with van der Waals surface area (Å²) in [5.74, 6) is 0. The molecule has 2 heterocycles. The van der Waals surface area contributed by atoms with E-state index in [2.05, 4.69) is 29.0 Å². The molecule has 1 atom stereocenters. The van der Waals surface area contributed by atoms with Gasteiger partial charge in [0.25, 0.3) is 0 Å². The van der Waals surface area contributed by atoms with Crippen molar-refractivity contribution in [2.75, 3.05) is 0 Å². The van der Waals surface area contributed by atoms with Gasteiger partial charge >= 0.3 is 0 Å². The molecule has 17 heavy (non-hydrogen) atoms. The van der Waals surface area contributed by atoms with Crippen molar-refractivity contribution in [3.05, 3.63) is 43.0 Å². The molecule has 2 aromatic rings. The fraction of sp³-hybridized carbons (Fsp3) is 0.333. The van der Waals surface area contributed by atoms with Crippen LogP contribution in [-0.2, 0) is 13.1 Å². The number of aromatic nitrogens is 4. The number of nitrogens with one attached hydrogen (secondary N) is 1. The van der Waals surface area contributed by atoms with E-state index in [1.165, 1.54) is 0 Å². The molecule has 0 bridgehead atoms. The van der Waals surface area contributed by atoms with Gasteiger partial charge in [0.2, 0.25) is 0 Å². The molecule has 0 saturated carbocycles. The van der Waals surface area contributed by atoms with E-state index in [0.717, 1.165) is 18.7 Å². The van der Waals surface area contributed by atoms with Crippen LogP contribution < -0.4 is 5.32 Å². The van der Waals surface area contributed by atoms with Crippen LogP contribution in [0, 0.1) is 0 Å². The van der Waals surface area contributed by atoms with Gasteiger partial charge in [0.05, 0.1) is 12.7 Å². The Morgan fingerprint density at radius 2 is 2.41 bits per heavy atom. The van der Waals surface area contributed by atoms with Gasteiger partial charge < -0.3 is 5.32 Å². The lowest BCUT2D eigenvalue weighted by Crippen LogP contribution is -2.30. The zero-order valence-electron chi connectivity index (χ0n) is 9.95. The lowest BCUT2D eigenvalue weighted by atomic mass is 10.3. The van der Waals surface area contributed by atoms with Gasteiger partial charge in [-0.05, 0) is 13.0 Å². The lowest BCUT2D eigenvalue weighted by Gasteiger charge is -2.12. The zero-order chi connectivity index (χ0) is 12.1. The highest BCUT2D eigenvalue weighted by molar-refractivity contribution is 5.17. The molecule has 0 fully saturated rings. The Kier molecular flexibility index (Phi) is 3.72. The van der Waals surface area contributed by atoms with E-state index in [1.807, 2.05) is 29.3 Å². The van der Waals surface area contributed by atoms with Gasteiger partial charge in [-0.3, -0.25) is 4.68 Å². The highest BCUT2D eigenvalue weighted by atomic mass is 15.3. The topological polar surface area (TPSA) is 47.7 Å². The van der Waals surface area contributed by atoms with E-state index >= 15 is 0 Å². The van der Waals surface area contributed by atoms with Crippen molar-refractivity contribution < 1.29 is 0 Å². The Morgan fingerprint density at radius 3 is 3.06 bits per heavy atom. The third-order valence-electron chi connectivity index (χ3n) is 2.52. The molecular formula is C12H17N5. The summed E-state index contributed by atoms with van der Waals surface area (Å²) in [4.78, 5) is 0. The van der Waals surface area contributed by atoms with Gasteiger partial charge in [-0.15, -0.1) is 0 Å². The smallest absolute Gasteiger partial charge is 0.0560 e. The quantitative estimate of drug-likeness (QED) is 0.816. The first-order valence-corrected chi connectivity index (χ1v) is 5.64. The van der Waals surface area contributed by atoms with Gasteiger partial charge in [0, 0.05) is 42.9 Å². The first-order chi connectivity index (χ1) is 8.28. The summed E-state index contributed by atoms with van der Waals surface area (Å²) in [7, 11) is 0. The van der Waals surface area contributed by atoms with Crippen molar-refractivity contribution in [2.24, 2.45) is 0 Å². The van der Waals surface area contributed by atoms with E-state index in [4.69, 9.17) is 0 Å². The van der Waals surface area contributed by atoms with Crippen LogP contribution >= 0.6 is 0 Å². The Bertz CT molecular complexity index is 457. The molecule has 2 aromatic heterocycles. The van der Waals surface area contributed by atoms with Crippen molar-refractivity contribution in [1.82, 2.24) is 24.9 Å². The molecule has 1 N–H and O–H groups in total. The lowest BCUT2D eigenvalue weighted by molar-refractivity contribution is 0.451. The summed E-state index contributed by atoms with van der Waals surface area (Å²) in [5.41, 5.74) is 1.15. The van der Waals surface area contributed by atoms with E-state index in [1.54, 1.807) is 17.1 Å². The average Bonchev–Trinajstić information content (AvgIpc) is 2.96. The van der Waals surface area contributed by atoms with Crippen LogP contribution in [0.15, 0.2) is 37.4 Å². The first kappa shape index (κ1) is 11.6. The molecule has 0 radical (unpaired) electrons. The number of hydrogen-bond donors (Lipinski definition) is 1. The number of hydrogen-bond acceptors (Lipinski definition) is 3. The van der Waals surface area contributed by atoms with Crippen molar-refractivity contribution in [3.8, 4) is 0 Å². The maximum Gasteiger partial charge on any atom is 0.0560 e. The molecule has 0 aliphatic rings. The summed E-state index contributed by atoms with van der Waals surface area (Å²) in [6.45, 7) is 7.46. The molecule has 5 heteroatoms. The molecule has 0 saturated heterocycles. The highest BCUT2D eigenvalue weighted by Gasteiger charge is 2.03. The van der Waals surface area contributed by atoms with Crippen molar-refractivity contribution in [1.29, 1.82) is 0 Å². The predicted octanol–water partition coefficient (Wildman–Crippen LogP) is 1.36. The predicted molar refractivity (Wildman–Crippen MR) is 67.1 cm³/mol. The molecule has 90 valence electrons. The van der Waals surface area contributed by atoms with E-state index in [-0.39, 0.29) is 0 Å². The van der Waals surface area contributed by atoms with Crippen LogP contribution in [0.25, 0.3) is 6.20 Å². The van der Waals surface area contributed by atoms with Crippen LogP contribution in [0.5, 0.6) is 0 Å². The van der Waals surface area contributed by atoms with Crippen LogP contribution in [-0.4, -0.2) is 25.6 Å². The zero-order valence-corrected chi connectivity index (χ0v) is 9.95. The van der Waals surface area contributed by atoms with Gasteiger partial charge in [-0.1, -0.05) is 6.58 Å². The second kappa shape index (κ2) is 5.45. The largest absolute Gasteiger partial charge is 0.308 e. The molecule has 0 aliphatic heterocycles. The fourth-order valence-corrected chi connectivity index (χ4v) is 1.61. The molecule has 2 rings (SSSR count). The number of rotatable bonds is 6. The summed E-state index contributed by atoms with van der Waals surface area (Å²) in [6.07, 6.45) is 9.24. The maximum absolute atomic E-state index is 4.18. The molecule has 0 aliphatic carbocycles. The van der Waals surface area contributed by atoms with E-state index < -0.39 is 0 Å². The normalized spacial score (nSPS) is 12.5. The average molecular weight is 231 g/mol. The van der Waals surface area contributed by atoms with Gasteiger partial charge in [-0.25, -0.2) is 4.68 Å². The van der Waals surface area contributed by atoms with Crippen LogP contribution in [0.3, 0.4) is 0 Å². The fourth-order valence-electron chi connectivity index (χ4n) is 1.61. The summed E-state index contributed by atoms with van der Waals surface area (Å²) >= 11 is 0. The molecule has 0 spiro atoms. The van der Waals surface area contributed by atoms with E-state index in [9.17, 15) is 0 Å². The molecule has 0 amide bonds. The summed E-state index contributed by atoms with van der Waals surface area (Å²) in [5, 5.41) is 11.7. The Balaban J connectivity index is 1.79. The third kappa shape index (κ3) is 3.29. The van der Waals surface area contributed by atoms with Crippen molar-refractivity contribution in [3.63, 3.8) is 0 Å². The Labute approximate surface area is 101 Å². The minimum Gasteiger partial charge on any atom is -0.308 e. The second-order valence-electron chi connectivity index (χ2n) is 4.02. The molecule has 1 unspecified atom stereocenters. The Hall–Kier alpha value is -1.88. The standard InChI is InChI=1S/C12H17N5/c1-3-16-10-12(8-15-16)7-13-11(2)9-17-6-4-5-14-17/h3-6,8,10-11,13H,1,7,9H2,2H3. The van der Waals surface area contributed by atoms with Crippen LogP contribution in [0.4, 0.5) is 0 Å². The third-order valence-corrected chi connectivity index (χ3v) is 2.52. The molecule has 5 nitrogen and oxygen atoms in total. The minimum absolute atomic E-state index is 0.363. The SMILES string of the molecule is C=Cn1cc(CNC(C)Cn2cccn2)cn1. The number of nitrogens with zero attached hydrogens (tertiary/aromatic N) is 4. The van der Waals surface area contributed by atoms with Crippen molar-refractivity contribution >= 4 is 6.20 Å². The maximum atomic E-state index is 4.18. The first-order valence-electron chi connectivity index (χ1n) is 5.64. The van der Waals surface area contributed by atoms with Crippen molar-refractivity contribution in [2.45, 2.75) is 26.1 Å². The Morgan fingerprint density at radius 1 is 1.53 bits per heavy atom. The van der Waals surface area contributed by atoms with Gasteiger partial charge in [0.1, 0.15) is 0 Å². The van der Waals surface area contributed by atoms with Gasteiger partial charge in [0.15, 0.2) is 0 Å². The van der Waals surface area contributed by atoms with Crippen LogP contribution in [0.1, 0.15) is 12.5 Å². The molecule has 0 aromatic carbocycles. The summed E-state index contributed by atoms with van der Waals surface area (Å²) in [6, 6.07) is 2.29. The molecular weight excluding hydrogens is 214 g/mol. The minimum atomic E-state index is 0.363. The van der Waals surface area contributed by atoms with Crippen LogP contribution in [0.2, 0.25) is 0 Å². The highest BCUT2D eigenvalue weighted by Crippen LogP contribution is 1.99. The van der Waals surface area contributed by atoms with Gasteiger partial charge in [-0.2, -0.15) is 10.2 Å². The summed E-state index contributed by atoms with van der Waals surface area (Å²) < 4.78 is 3.63.